The molecule has 0 radical (unpaired) electrons. The predicted molar refractivity (Wildman–Crippen MR) is 92.3 cm³/mol. The molecule has 0 spiro atoms. The Bertz CT molecular complexity index is 832. The Hall–Kier alpha value is -2.35. The van der Waals surface area contributed by atoms with Crippen molar-refractivity contribution >= 4 is 23.4 Å². The molecule has 1 N–H and O–H groups in total. The van der Waals surface area contributed by atoms with Crippen molar-refractivity contribution in [3.05, 3.63) is 47.8 Å². The Morgan fingerprint density at radius 3 is 2.58 bits per heavy atom. The molecule has 1 heterocycles. The van der Waals surface area contributed by atoms with E-state index in [0.29, 0.717) is 24.7 Å². The van der Waals surface area contributed by atoms with Crippen LogP contribution >= 0.6 is 11.8 Å². The number of thioether (sulfide) groups is 1. The second-order valence-electron chi connectivity index (χ2n) is 5.63. The first kappa shape index (κ1) is 18.4. The van der Waals surface area contributed by atoms with Crippen LogP contribution in [0.1, 0.15) is 13.3 Å². The number of carbonyl (C=O) groups excluding carboxylic acids is 1. The van der Waals surface area contributed by atoms with Crippen LogP contribution in [0.2, 0.25) is 0 Å². The topological polar surface area (TPSA) is 47.6 Å². The van der Waals surface area contributed by atoms with Crippen molar-refractivity contribution in [1.82, 2.24) is 0 Å². The van der Waals surface area contributed by atoms with Crippen molar-refractivity contribution in [2.75, 3.05) is 18.5 Å². The molecule has 0 saturated carbocycles. The number of ether oxygens (including phenoxy) is 2. The Balaban J connectivity index is 1.68. The highest BCUT2D eigenvalue weighted by molar-refractivity contribution is 8.00. The van der Waals surface area contributed by atoms with Gasteiger partial charge in [-0.1, -0.05) is 0 Å². The quantitative estimate of drug-likeness (QED) is 0.629. The number of rotatable bonds is 4. The highest BCUT2D eigenvalue weighted by Crippen LogP contribution is 2.35. The molecule has 0 aromatic heterocycles. The number of fused-ring (bicyclic) bond motifs is 1. The summed E-state index contributed by atoms with van der Waals surface area (Å²) < 4.78 is 51.0. The van der Waals surface area contributed by atoms with Crippen molar-refractivity contribution < 1.29 is 27.4 Å². The Morgan fingerprint density at radius 1 is 1.08 bits per heavy atom. The summed E-state index contributed by atoms with van der Waals surface area (Å²) >= 11 is 1.23. The number of carbonyl (C=O) groups is 1. The lowest BCUT2D eigenvalue weighted by Crippen LogP contribution is -2.23. The molecule has 26 heavy (non-hydrogen) atoms. The monoisotopic (exact) mass is 383 g/mol. The summed E-state index contributed by atoms with van der Waals surface area (Å²) in [6.45, 7) is 2.76. The van der Waals surface area contributed by atoms with E-state index in [2.05, 4.69) is 5.32 Å². The van der Waals surface area contributed by atoms with Crippen molar-refractivity contribution in [2.45, 2.75) is 23.5 Å². The van der Waals surface area contributed by atoms with Crippen molar-refractivity contribution in [1.29, 1.82) is 0 Å². The first-order valence-corrected chi connectivity index (χ1v) is 8.84. The maximum atomic E-state index is 13.7. The lowest BCUT2D eigenvalue weighted by atomic mass is 10.2. The molecule has 1 aliphatic rings. The number of nitrogens with one attached hydrogen (secondary N) is 1. The number of hydrogen-bond acceptors (Lipinski definition) is 4. The summed E-state index contributed by atoms with van der Waals surface area (Å²) in [7, 11) is 0. The van der Waals surface area contributed by atoms with E-state index in [1.807, 2.05) is 0 Å². The van der Waals surface area contributed by atoms with Gasteiger partial charge in [0, 0.05) is 11.3 Å². The lowest BCUT2D eigenvalue weighted by molar-refractivity contribution is -0.115. The van der Waals surface area contributed by atoms with Gasteiger partial charge in [-0.15, -0.1) is 11.8 Å². The zero-order valence-electron chi connectivity index (χ0n) is 13.9. The second kappa shape index (κ2) is 7.90. The largest absolute Gasteiger partial charge is 0.490 e. The second-order valence-corrected chi connectivity index (χ2v) is 7.05. The number of halogens is 3. The van der Waals surface area contributed by atoms with E-state index >= 15 is 0 Å². The lowest BCUT2D eigenvalue weighted by Gasteiger charge is -2.14. The van der Waals surface area contributed by atoms with Gasteiger partial charge >= 0.3 is 0 Å². The maximum Gasteiger partial charge on any atom is 0.237 e. The van der Waals surface area contributed by atoms with Crippen LogP contribution in [0.4, 0.5) is 18.9 Å². The van der Waals surface area contributed by atoms with Gasteiger partial charge in [-0.05, 0) is 37.3 Å². The van der Waals surface area contributed by atoms with Crippen LogP contribution in [0.25, 0.3) is 0 Å². The van der Waals surface area contributed by atoms with Gasteiger partial charge in [0.25, 0.3) is 0 Å². The summed E-state index contributed by atoms with van der Waals surface area (Å²) in [6.07, 6.45) is 0.787. The third-order valence-corrected chi connectivity index (χ3v) is 4.79. The third-order valence-electron chi connectivity index (χ3n) is 3.69. The average molecular weight is 383 g/mol. The fourth-order valence-electron chi connectivity index (χ4n) is 2.33. The van der Waals surface area contributed by atoms with E-state index in [-0.39, 0.29) is 0 Å². The summed E-state index contributed by atoms with van der Waals surface area (Å²) in [6, 6.07) is 7.07. The van der Waals surface area contributed by atoms with Crippen molar-refractivity contribution in [2.24, 2.45) is 0 Å². The van der Waals surface area contributed by atoms with Gasteiger partial charge in [0.1, 0.15) is 0 Å². The Kier molecular flexibility index (Phi) is 5.61. The maximum absolute atomic E-state index is 13.7. The van der Waals surface area contributed by atoms with E-state index < -0.39 is 34.3 Å². The smallest absolute Gasteiger partial charge is 0.237 e. The van der Waals surface area contributed by atoms with Crippen molar-refractivity contribution in [3.8, 4) is 11.5 Å². The molecule has 2 aromatic rings. The normalized spacial score (nSPS) is 14.5. The highest BCUT2D eigenvalue weighted by Gasteiger charge is 2.20. The van der Waals surface area contributed by atoms with Crippen LogP contribution in [0.15, 0.2) is 35.2 Å². The molecule has 0 unspecified atom stereocenters. The summed E-state index contributed by atoms with van der Waals surface area (Å²) in [5.74, 6) is -3.64. The first-order chi connectivity index (χ1) is 12.5. The van der Waals surface area contributed by atoms with Gasteiger partial charge in [-0.3, -0.25) is 4.79 Å². The fourth-order valence-corrected chi connectivity index (χ4v) is 3.23. The molecular formula is C18H16F3NO3S. The van der Waals surface area contributed by atoms with Gasteiger partial charge in [-0.25, -0.2) is 13.2 Å². The third kappa shape index (κ3) is 4.07. The van der Waals surface area contributed by atoms with E-state index in [1.165, 1.54) is 11.8 Å². The van der Waals surface area contributed by atoms with Gasteiger partial charge in [0.2, 0.25) is 5.91 Å². The summed E-state index contributed by atoms with van der Waals surface area (Å²) in [5.41, 5.74) is -0.403. The fraction of sp³-hybridized carbons (Fsp3) is 0.278. The van der Waals surface area contributed by atoms with Crippen LogP contribution in [0, 0.1) is 17.5 Å². The standard InChI is InChI=1S/C18H16F3NO3S/c1-10(18(23)22-13-5-4-12(19)16(20)17(13)21)26-11-3-6-14-15(9-11)25-8-2-7-24-14/h3-6,9-10H,2,7-8H2,1H3,(H,22,23)/t10-/m0/s1. The van der Waals surface area contributed by atoms with E-state index in [4.69, 9.17) is 9.47 Å². The van der Waals surface area contributed by atoms with Crippen LogP contribution in [-0.2, 0) is 4.79 Å². The number of benzene rings is 2. The molecular weight excluding hydrogens is 367 g/mol. The van der Waals surface area contributed by atoms with E-state index in [9.17, 15) is 18.0 Å². The molecule has 1 aliphatic heterocycles. The molecule has 138 valence electrons. The van der Waals surface area contributed by atoms with Gasteiger partial charge in [-0.2, -0.15) is 0 Å². The Morgan fingerprint density at radius 2 is 1.81 bits per heavy atom. The van der Waals surface area contributed by atoms with E-state index in [1.54, 1.807) is 25.1 Å². The van der Waals surface area contributed by atoms with Crippen molar-refractivity contribution in [3.63, 3.8) is 0 Å². The van der Waals surface area contributed by atoms with Gasteiger partial charge in [0.15, 0.2) is 29.0 Å². The van der Waals surface area contributed by atoms with Crippen LogP contribution in [0.5, 0.6) is 11.5 Å². The number of amides is 1. The molecule has 0 fully saturated rings. The molecule has 3 rings (SSSR count). The zero-order chi connectivity index (χ0) is 18.7. The highest BCUT2D eigenvalue weighted by atomic mass is 32.2. The van der Waals surface area contributed by atoms with Gasteiger partial charge in [0.05, 0.1) is 24.2 Å². The first-order valence-electron chi connectivity index (χ1n) is 7.96. The molecule has 0 bridgehead atoms. The summed E-state index contributed by atoms with van der Waals surface area (Å²) in [4.78, 5) is 13.0. The summed E-state index contributed by atoms with van der Waals surface area (Å²) in [5, 5.41) is 1.67. The minimum absolute atomic E-state index is 0.403. The van der Waals surface area contributed by atoms with Crippen LogP contribution in [0.3, 0.4) is 0 Å². The number of hydrogen-bond donors (Lipinski definition) is 1. The van der Waals surface area contributed by atoms with Gasteiger partial charge < -0.3 is 14.8 Å². The molecule has 1 atom stereocenters. The Labute approximate surface area is 152 Å². The molecule has 0 aliphatic carbocycles. The molecule has 1 amide bonds. The number of anilines is 1. The zero-order valence-corrected chi connectivity index (χ0v) is 14.7. The molecule has 4 nitrogen and oxygen atoms in total. The molecule has 0 saturated heterocycles. The SMILES string of the molecule is C[C@H](Sc1ccc2c(c1)OCCCO2)C(=O)Nc1ccc(F)c(F)c1F. The molecule has 8 heteroatoms. The minimum Gasteiger partial charge on any atom is -0.490 e. The van der Waals surface area contributed by atoms with Crippen LogP contribution < -0.4 is 14.8 Å². The van der Waals surface area contributed by atoms with E-state index in [0.717, 1.165) is 23.4 Å². The van der Waals surface area contributed by atoms with Crippen LogP contribution in [-0.4, -0.2) is 24.4 Å². The predicted octanol–water partition coefficient (Wildman–Crippen LogP) is 4.38. The average Bonchev–Trinajstić information content (AvgIpc) is 2.87. The molecule has 2 aromatic carbocycles. The minimum atomic E-state index is -1.62.